The Hall–Kier alpha value is -3.44. The summed E-state index contributed by atoms with van der Waals surface area (Å²) in [4.78, 5) is 0. The van der Waals surface area contributed by atoms with Gasteiger partial charge in [0, 0.05) is 0 Å². The zero-order chi connectivity index (χ0) is 31.2. The molecule has 1 aliphatic heterocycles. The molecule has 238 valence electrons. The molecule has 1 saturated heterocycles. The fraction of sp³-hybridized carbons (Fsp3) is 0.351. The van der Waals surface area contributed by atoms with Gasteiger partial charge in [-0.15, -0.1) is 0 Å². The standard InChI is InChI=1S/C37H42O8/c38-21-22-44-37(28-39)36(43-26-32-19-11-4-12-20-32)35(42-25-31-17-9-3-10-18-31)34(41-24-30-15-7-2-8-16-30)33(45-37)27-40-23-29-13-5-1-6-14-29/h1-20,33-36,38-39H,21-28H2/t33-,34-,35+,36-,37+/m1/s1. The lowest BCUT2D eigenvalue weighted by molar-refractivity contribution is -0.391. The molecule has 0 saturated carbocycles. The molecule has 5 atom stereocenters. The van der Waals surface area contributed by atoms with Crippen molar-refractivity contribution in [1.29, 1.82) is 0 Å². The Balaban J connectivity index is 1.48. The summed E-state index contributed by atoms with van der Waals surface area (Å²) in [5.41, 5.74) is 3.90. The van der Waals surface area contributed by atoms with Gasteiger partial charge in [-0.25, -0.2) is 0 Å². The van der Waals surface area contributed by atoms with Crippen LogP contribution in [0.4, 0.5) is 0 Å². The van der Waals surface area contributed by atoms with E-state index in [1.807, 2.05) is 121 Å². The second-order valence-corrected chi connectivity index (χ2v) is 10.9. The highest BCUT2D eigenvalue weighted by Crippen LogP contribution is 2.38. The van der Waals surface area contributed by atoms with Crippen molar-refractivity contribution >= 4 is 0 Å². The lowest BCUT2D eigenvalue weighted by atomic mass is 9.91. The molecule has 45 heavy (non-hydrogen) atoms. The highest BCUT2D eigenvalue weighted by molar-refractivity contribution is 5.17. The van der Waals surface area contributed by atoms with Crippen molar-refractivity contribution < 1.29 is 38.6 Å². The fourth-order valence-electron chi connectivity index (χ4n) is 5.43. The quantitative estimate of drug-likeness (QED) is 0.171. The molecule has 0 aliphatic carbocycles. The average Bonchev–Trinajstić information content (AvgIpc) is 3.10. The molecule has 1 heterocycles. The maximum atomic E-state index is 10.9. The highest BCUT2D eigenvalue weighted by Gasteiger charge is 2.57. The van der Waals surface area contributed by atoms with Crippen LogP contribution >= 0.6 is 0 Å². The number of aliphatic hydroxyl groups is 2. The minimum Gasteiger partial charge on any atom is -0.394 e. The normalized spacial score (nSPS) is 23.2. The molecule has 2 N–H and O–H groups in total. The van der Waals surface area contributed by atoms with Crippen LogP contribution in [0.25, 0.3) is 0 Å². The minimum atomic E-state index is -1.66. The molecule has 0 aromatic heterocycles. The van der Waals surface area contributed by atoms with Gasteiger partial charge in [-0.05, 0) is 22.3 Å². The molecule has 0 unspecified atom stereocenters. The molecule has 8 heteroatoms. The predicted molar refractivity (Wildman–Crippen MR) is 169 cm³/mol. The molecule has 0 amide bonds. The Kier molecular flexibility index (Phi) is 12.7. The zero-order valence-corrected chi connectivity index (χ0v) is 25.4. The first-order chi connectivity index (χ1) is 22.2. The van der Waals surface area contributed by atoms with Crippen LogP contribution in [-0.2, 0) is 54.8 Å². The van der Waals surface area contributed by atoms with Gasteiger partial charge in [0.2, 0.25) is 5.79 Å². The Labute approximate surface area is 265 Å². The lowest BCUT2D eigenvalue weighted by Crippen LogP contribution is -2.69. The van der Waals surface area contributed by atoms with E-state index in [2.05, 4.69) is 0 Å². The van der Waals surface area contributed by atoms with Crippen LogP contribution in [0.15, 0.2) is 121 Å². The van der Waals surface area contributed by atoms with E-state index in [0.717, 1.165) is 22.3 Å². The van der Waals surface area contributed by atoms with Crippen molar-refractivity contribution in [2.75, 3.05) is 26.4 Å². The molecule has 4 aromatic rings. The van der Waals surface area contributed by atoms with E-state index in [1.165, 1.54) is 0 Å². The third kappa shape index (κ3) is 9.29. The Morgan fingerprint density at radius 3 is 1.47 bits per heavy atom. The third-order valence-corrected chi connectivity index (χ3v) is 7.67. The first-order valence-electron chi connectivity index (χ1n) is 15.3. The van der Waals surface area contributed by atoms with Crippen LogP contribution in [0.2, 0.25) is 0 Å². The van der Waals surface area contributed by atoms with Crippen molar-refractivity contribution in [3.8, 4) is 0 Å². The summed E-state index contributed by atoms with van der Waals surface area (Å²) in [6, 6.07) is 39.3. The van der Waals surface area contributed by atoms with Crippen LogP contribution in [0.1, 0.15) is 22.3 Å². The van der Waals surface area contributed by atoms with Crippen molar-refractivity contribution in [3.63, 3.8) is 0 Å². The van der Waals surface area contributed by atoms with Crippen molar-refractivity contribution in [1.82, 2.24) is 0 Å². The summed E-state index contributed by atoms with van der Waals surface area (Å²) in [6.07, 6.45) is -3.05. The Bertz CT molecular complexity index is 1360. The van der Waals surface area contributed by atoms with E-state index in [1.54, 1.807) is 0 Å². The molecule has 1 fully saturated rings. The van der Waals surface area contributed by atoms with Gasteiger partial charge in [0.15, 0.2) is 0 Å². The summed E-state index contributed by atoms with van der Waals surface area (Å²) in [5.74, 6) is -1.66. The summed E-state index contributed by atoms with van der Waals surface area (Å²) >= 11 is 0. The molecular formula is C37H42O8. The van der Waals surface area contributed by atoms with Gasteiger partial charge < -0.3 is 38.6 Å². The van der Waals surface area contributed by atoms with Crippen LogP contribution in [0.5, 0.6) is 0 Å². The molecule has 8 nitrogen and oxygen atoms in total. The number of hydrogen-bond donors (Lipinski definition) is 2. The molecule has 0 bridgehead atoms. The third-order valence-electron chi connectivity index (χ3n) is 7.67. The smallest absolute Gasteiger partial charge is 0.221 e. The Morgan fingerprint density at radius 2 is 1.00 bits per heavy atom. The lowest BCUT2D eigenvalue weighted by Gasteiger charge is -2.51. The molecule has 4 aromatic carbocycles. The topological polar surface area (TPSA) is 95.8 Å². The van der Waals surface area contributed by atoms with E-state index < -0.39 is 36.8 Å². The predicted octanol–water partition coefficient (Wildman–Crippen LogP) is 5.06. The number of ether oxygens (including phenoxy) is 6. The summed E-state index contributed by atoms with van der Waals surface area (Å²) in [7, 11) is 0. The van der Waals surface area contributed by atoms with Gasteiger partial charge in [0.1, 0.15) is 31.0 Å². The van der Waals surface area contributed by atoms with Gasteiger partial charge in [-0.3, -0.25) is 0 Å². The SMILES string of the molecule is OCCO[C@@]1(CO)O[C@H](COCc2ccccc2)[C@@H](OCc2ccccc2)[C@H](OCc2ccccc2)[C@H]1OCc1ccccc1. The van der Waals surface area contributed by atoms with E-state index in [0.29, 0.717) is 13.2 Å². The van der Waals surface area contributed by atoms with E-state index in [9.17, 15) is 10.2 Å². The van der Waals surface area contributed by atoms with Gasteiger partial charge in [0.05, 0.1) is 46.2 Å². The van der Waals surface area contributed by atoms with Gasteiger partial charge >= 0.3 is 0 Å². The fourth-order valence-corrected chi connectivity index (χ4v) is 5.43. The highest BCUT2D eigenvalue weighted by atomic mass is 16.8. The van der Waals surface area contributed by atoms with E-state index >= 15 is 0 Å². The molecule has 0 spiro atoms. The summed E-state index contributed by atoms with van der Waals surface area (Å²) < 4.78 is 38.7. The first-order valence-corrected chi connectivity index (χ1v) is 15.3. The molecular weight excluding hydrogens is 572 g/mol. The maximum Gasteiger partial charge on any atom is 0.221 e. The van der Waals surface area contributed by atoms with Crippen molar-refractivity contribution in [2.45, 2.75) is 56.6 Å². The number of aliphatic hydroxyl groups excluding tert-OH is 2. The number of rotatable bonds is 17. The van der Waals surface area contributed by atoms with E-state index in [-0.39, 0.29) is 33.0 Å². The minimum absolute atomic E-state index is 0.0791. The first kappa shape index (κ1) is 32.9. The second kappa shape index (κ2) is 17.3. The van der Waals surface area contributed by atoms with Gasteiger partial charge in [-0.1, -0.05) is 121 Å². The van der Waals surface area contributed by atoms with Gasteiger partial charge in [-0.2, -0.15) is 0 Å². The summed E-state index contributed by atoms with van der Waals surface area (Å²) in [6.45, 7) is 0.377. The molecule has 5 rings (SSSR count). The second-order valence-electron chi connectivity index (χ2n) is 10.9. The summed E-state index contributed by atoms with van der Waals surface area (Å²) in [5, 5.41) is 20.6. The largest absolute Gasteiger partial charge is 0.394 e. The number of benzene rings is 4. The van der Waals surface area contributed by atoms with Crippen LogP contribution < -0.4 is 0 Å². The van der Waals surface area contributed by atoms with E-state index in [4.69, 9.17) is 28.4 Å². The van der Waals surface area contributed by atoms with Crippen molar-refractivity contribution in [2.24, 2.45) is 0 Å². The zero-order valence-electron chi connectivity index (χ0n) is 25.4. The number of hydrogen-bond acceptors (Lipinski definition) is 8. The van der Waals surface area contributed by atoms with Crippen LogP contribution in [-0.4, -0.2) is 66.8 Å². The van der Waals surface area contributed by atoms with Crippen molar-refractivity contribution in [3.05, 3.63) is 144 Å². The Morgan fingerprint density at radius 1 is 0.556 bits per heavy atom. The molecule has 1 aliphatic rings. The monoisotopic (exact) mass is 614 g/mol. The van der Waals surface area contributed by atoms with Crippen LogP contribution in [0, 0.1) is 0 Å². The maximum absolute atomic E-state index is 10.9. The average molecular weight is 615 g/mol. The van der Waals surface area contributed by atoms with Crippen LogP contribution in [0.3, 0.4) is 0 Å². The molecule has 0 radical (unpaired) electrons. The van der Waals surface area contributed by atoms with Gasteiger partial charge in [0.25, 0.3) is 0 Å².